The van der Waals surface area contributed by atoms with Crippen LogP contribution < -0.4 is 10.0 Å². The van der Waals surface area contributed by atoms with Crippen molar-refractivity contribution >= 4 is 21.6 Å². The fraction of sp³-hybridized carbons (Fsp3) is 0.562. The number of nitrogens with one attached hydrogen (secondary N) is 2. The van der Waals surface area contributed by atoms with Gasteiger partial charge in [-0.3, -0.25) is 4.79 Å². The summed E-state index contributed by atoms with van der Waals surface area (Å²) in [5, 5.41) is 2.49. The zero-order valence-corrected chi connectivity index (χ0v) is 13.9. The van der Waals surface area contributed by atoms with E-state index in [0.717, 1.165) is 5.69 Å². The Kier molecular flexibility index (Phi) is 5.58. The molecular formula is C16H24N2O3S. The average molecular weight is 324 g/mol. The van der Waals surface area contributed by atoms with E-state index in [1.165, 1.54) is 0 Å². The Morgan fingerprint density at radius 3 is 2.23 bits per heavy atom. The third kappa shape index (κ3) is 4.55. The van der Waals surface area contributed by atoms with Crippen molar-refractivity contribution in [2.45, 2.75) is 50.8 Å². The Hall–Kier alpha value is -1.40. The van der Waals surface area contributed by atoms with E-state index >= 15 is 0 Å². The minimum absolute atomic E-state index is 0.0244. The van der Waals surface area contributed by atoms with Gasteiger partial charge in [0.2, 0.25) is 15.9 Å². The third-order valence-electron chi connectivity index (χ3n) is 4.09. The van der Waals surface area contributed by atoms with Gasteiger partial charge >= 0.3 is 0 Å². The Labute approximate surface area is 132 Å². The van der Waals surface area contributed by atoms with E-state index in [9.17, 15) is 13.2 Å². The van der Waals surface area contributed by atoms with Crippen LogP contribution in [-0.2, 0) is 14.8 Å². The first-order valence-corrected chi connectivity index (χ1v) is 9.30. The molecule has 22 heavy (non-hydrogen) atoms. The summed E-state index contributed by atoms with van der Waals surface area (Å²) in [5.74, 6) is -0.0172. The average Bonchev–Trinajstić information content (AvgIpc) is 2.48. The van der Waals surface area contributed by atoms with E-state index in [4.69, 9.17) is 0 Å². The molecule has 0 unspecified atom stereocenters. The number of hydrogen-bond donors (Lipinski definition) is 2. The van der Waals surface area contributed by atoms with Crippen molar-refractivity contribution < 1.29 is 13.2 Å². The number of amides is 1. The van der Waals surface area contributed by atoms with E-state index in [-0.39, 0.29) is 17.9 Å². The van der Waals surface area contributed by atoms with Crippen molar-refractivity contribution in [3.8, 4) is 0 Å². The number of rotatable bonds is 5. The summed E-state index contributed by atoms with van der Waals surface area (Å²) >= 11 is 0. The van der Waals surface area contributed by atoms with Gasteiger partial charge in [-0.2, -0.15) is 0 Å². The van der Waals surface area contributed by atoms with Crippen molar-refractivity contribution in [2.75, 3.05) is 5.32 Å². The minimum Gasteiger partial charge on any atom is -0.326 e. The van der Waals surface area contributed by atoms with Gasteiger partial charge in [0.15, 0.2) is 0 Å². The van der Waals surface area contributed by atoms with Gasteiger partial charge < -0.3 is 5.32 Å². The van der Waals surface area contributed by atoms with Gasteiger partial charge in [0.1, 0.15) is 0 Å². The quantitative estimate of drug-likeness (QED) is 0.874. The number of anilines is 1. The molecule has 1 aliphatic carbocycles. The molecule has 1 fully saturated rings. The molecule has 0 aliphatic heterocycles. The van der Waals surface area contributed by atoms with Crippen LogP contribution in [0.2, 0.25) is 0 Å². The lowest BCUT2D eigenvalue weighted by molar-refractivity contribution is -0.120. The molecule has 6 heteroatoms. The number of benzene rings is 1. The predicted molar refractivity (Wildman–Crippen MR) is 88.0 cm³/mol. The summed E-state index contributed by atoms with van der Waals surface area (Å²) < 4.78 is 26.5. The van der Waals surface area contributed by atoms with Crippen molar-refractivity contribution in [3.05, 3.63) is 30.3 Å². The summed E-state index contributed by atoms with van der Waals surface area (Å²) in [7, 11) is -3.23. The number of carbonyl (C=O) groups is 1. The Bertz CT molecular complexity index is 591. The maximum atomic E-state index is 12.2. The number of sulfonamides is 1. The van der Waals surface area contributed by atoms with E-state index in [2.05, 4.69) is 10.0 Å². The third-order valence-corrected chi connectivity index (χ3v) is 5.99. The summed E-state index contributed by atoms with van der Waals surface area (Å²) in [4.78, 5) is 12.2. The highest BCUT2D eigenvalue weighted by Crippen LogP contribution is 2.26. The molecule has 1 aliphatic rings. The maximum absolute atomic E-state index is 12.2. The monoisotopic (exact) mass is 324 g/mol. The van der Waals surface area contributed by atoms with Crippen LogP contribution in [0.15, 0.2) is 30.3 Å². The lowest BCUT2D eigenvalue weighted by Crippen LogP contribution is -2.42. The maximum Gasteiger partial charge on any atom is 0.227 e. The smallest absolute Gasteiger partial charge is 0.227 e. The number of carbonyl (C=O) groups excluding carboxylic acids is 1. The summed E-state index contributed by atoms with van der Waals surface area (Å²) in [6.45, 7) is 3.34. The Morgan fingerprint density at radius 2 is 1.68 bits per heavy atom. The summed E-state index contributed by atoms with van der Waals surface area (Å²) in [6.07, 6.45) is 2.84. The van der Waals surface area contributed by atoms with Crippen LogP contribution in [0, 0.1) is 5.92 Å². The molecule has 0 bridgehead atoms. The van der Waals surface area contributed by atoms with Gasteiger partial charge in [0.25, 0.3) is 0 Å². The van der Waals surface area contributed by atoms with Gasteiger partial charge in [-0.1, -0.05) is 18.2 Å². The molecule has 0 heterocycles. The van der Waals surface area contributed by atoms with Crippen LogP contribution in [0.3, 0.4) is 0 Å². The van der Waals surface area contributed by atoms with Gasteiger partial charge in [-0.15, -0.1) is 0 Å². The Morgan fingerprint density at radius 1 is 1.09 bits per heavy atom. The fourth-order valence-electron chi connectivity index (χ4n) is 2.61. The molecule has 122 valence electrons. The van der Waals surface area contributed by atoms with Gasteiger partial charge in [-0.05, 0) is 51.7 Å². The molecule has 0 spiro atoms. The zero-order chi connectivity index (χ0) is 16.2. The standard InChI is InChI=1S/C16H24N2O3S/c1-12(2)22(20,21)18-15-10-8-13(9-11-15)16(19)17-14-6-4-3-5-7-14/h3-7,12-13,15,18H,8-11H2,1-2H3,(H,17,19)/t13-,15-. The van der Waals surface area contributed by atoms with Crippen molar-refractivity contribution in [2.24, 2.45) is 5.92 Å². The highest BCUT2D eigenvalue weighted by atomic mass is 32.2. The van der Waals surface area contributed by atoms with E-state index in [1.807, 2.05) is 30.3 Å². The van der Waals surface area contributed by atoms with E-state index < -0.39 is 15.3 Å². The molecule has 0 aromatic heterocycles. The lowest BCUT2D eigenvalue weighted by Gasteiger charge is -2.28. The van der Waals surface area contributed by atoms with Crippen LogP contribution in [0.25, 0.3) is 0 Å². The highest BCUT2D eigenvalue weighted by molar-refractivity contribution is 7.90. The molecule has 5 nitrogen and oxygen atoms in total. The van der Waals surface area contributed by atoms with Crippen molar-refractivity contribution in [1.29, 1.82) is 0 Å². The molecule has 0 atom stereocenters. The first kappa shape index (κ1) is 17.0. The second kappa shape index (κ2) is 7.24. The largest absolute Gasteiger partial charge is 0.326 e. The van der Waals surface area contributed by atoms with Gasteiger partial charge in [-0.25, -0.2) is 13.1 Å². The molecule has 1 aromatic carbocycles. The highest BCUT2D eigenvalue weighted by Gasteiger charge is 2.29. The SMILES string of the molecule is CC(C)S(=O)(=O)N[C@H]1CC[C@H](C(=O)Nc2ccccc2)CC1. The van der Waals surface area contributed by atoms with Crippen molar-refractivity contribution in [1.82, 2.24) is 4.72 Å². The van der Waals surface area contributed by atoms with Crippen LogP contribution in [0.4, 0.5) is 5.69 Å². The molecule has 0 radical (unpaired) electrons. The molecule has 2 rings (SSSR count). The minimum atomic E-state index is -3.23. The fourth-order valence-corrected chi connectivity index (χ4v) is 3.58. The van der Waals surface area contributed by atoms with Crippen molar-refractivity contribution in [3.63, 3.8) is 0 Å². The molecule has 2 N–H and O–H groups in total. The van der Waals surface area contributed by atoms with Crippen LogP contribution in [0.5, 0.6) is 0 Å². The van der Waals surface area contributed by atoms with Crippen LogP contribution in [-0.4, -0.2) is 25.6 Å². The number of hydrogen-bond acceptors (Lipinski definition) is 3. The molecule has 1 amide bonds. The van der Waals surface area contributed by atoms with E-state index in [1.54, 1.807) is 13.8 Å². The Balaban J connectivity index is 1.83. The van der Waals surface area contributed by atoms with Crippen LogP contribution >= 0.6 is 0 Å². The summed E-state index contributed by atoms with van der Waals surface area (Å²) in [5.41, 5.74) is 0.801. The lowest BCUT2D eigenvalue weighted by atomic mass is 9.86. The topological polar surface area (TPSA) is 75.3 Å². The summed E-state index contributed by atoms with van der Waals surface area (Å²) in [6, 6.07) is 9.34. The first-order chi connectivity index (χ1) is 10.4. The predicted octanol–water partition coefficient (Wildman–Crippen LogP) is 2.51. The molecule has 1 aromatic rings. The zero-order valence-electron chi connectivity index (χ0n) is 13.1. The normalized spacial score (nSPS) is 22.5. The molecular weight excluding hydrogens is 300 g/mol. The first-order valence-electron chi connectivity index (χ1n) is 7.75. The van der Waals surface area contributed by atoms with E-state index in [0.29, 0.717) is 25.7 Å². The molecule has 0 saturated heterocycles. The van der Waals surface area contributed by atoms with Gasteiger partial charge in [0, 0.05) is 17.6 Å². The number of para-hydroxylation sites is 1. The van der Waals surface area contributed by atoms with Crippen LogP contribution in [0.1, 0.15) is 39.5 Å². The second-order valence-electron chi connectivity index (χ2n) is 6.12. The van der Waals surface area contributed by atoms with Gasteiger partial charge in [0.05, 0.1) is 5.25 Å². The molecule has 1 saturated carbocycles. The second-order valence-corrected chi connectivity index (χ2v) is 8.38.